The van der Waals surface area contributed by atoms with E-state index in [0.29, 0.717) is 23.8 Å². The van der Waals surface area contributed by atoms with E-state index in [1.165, 1.54) is 11.6 Å². The van der Waals surface area contributed by atoms with Crippen LogP contribution in [0.1, 0.15) is 23.6 Å². The first-order chi connectivity index (χ1) is 13.6. The standard InChI is InChI=1S/C22H21FN4O/c1-15-14-20(27(2)26-15)22-25-24-21(28-22)9-5-6-16-10-12-17(13-11-16)18-7-3-4-8-19(18)23/h3-4,7-8,10-14H,5-6,9H2,1-2H3. The summed E-state index contributed by atoms with van der Waals surface area (Å²) in [5, 5.41) is 12.6. The van der Waals surface area contributed by atoms with E-state index in [1.54, 1.807) is 16.8 Å². The zero-order chi connectivity index (χ0) is 19.5. The number of nitrogens with zero attached hydrogens (tertiary/aromatic N) is 4. The lowest BCUT2D eigenvalue weighted by molar-refractivity contribution is 0.493. The molecule has 2 aromatic heterocycles. The Morgan fingerprint density at radius 1 is 1.00 bits per heavy atom. The molecule has 0 radical (unpaired) electrons. The predicted octanol–water partition coefficient (Wildman–Crippen LogP) is 4.76. The predicted molar refractivity (Wildman–Crippen MR) is 105 cm³/mol. The third kappa shape index (κ3) is 3.86. The zero-order valence-corrected chi connectivity index (χ0v) is 15.9. The molecule has 0 aliphatic rings. The van der Waals surface area contributed by atoms with Crippen LogP contribution in [0, 0.1) is 12.7 Å². The van der Waals surface area contributed by atoms with E-state index < -0.39 is 0 Å². The van der Waals surface area contributed by atoms with Crippen molar-refractivity contribution in [3.8, 4) is 22.7 Å². The molecule has 0 unspecified atom stereocenters. The molecule has 2 aromatic carbocycles. The molecule has 0 saturated heterocycles. The molecule has 0 aliphatic carbocycles. The maximum atomic E-state index is 13.9. The summed E-state index contributed by atoms with van der Waals surface area (Å²) in [6.45, 7) is 1.93. The van der Waals surface area contributed by atoms with Gasteiger partial charge in [0.2, 0.25) is 5.89 Å². The molecule has 0 amide bonds. The van der Waals surface area contributed by atoms with Gasteiger partial charge in [0, 0.05) is 19.0 Å². The van der Waals surface area contributed by atoms with Crippen molar-refractivity contribution in [3.05, 3.63) is 77.6 Å². The molecule has 0 atom stereocenters. The minimum atomic E-state index is -0.203. The van der Waals surface area contributed by atoms with Gasteiger partial charge in [-0.25, -0.2) is 4.39 Å². The van der Waals surface area contributed by atoms with E-state index in [9.17, 15) is 4.39 Å². The molecule has 0 spiro atoms. The summed E-state index contributed by atoms with van der Waals surface area (Å²) in [6.07, 6.45) is 2.49. The summed E-state index contributed by atoms with van der Waals surface area (Å²) in [6, 6.07) is 16.7. The third-order valence-corrected chi connectivity index (χ3v) is 4.68. The van der Waals surface area contributed by atoms with Gasteiger partial charge in [0.15, 0.2) is 0 Å². The Morgan fingerprint density at radius 3 is 2.50 bits per heavy atom. The fourth-order valence-corrected chi connectivity index (χ4v) is 3.26. The highest BCUT2D eigenvalue weighted by molar-refractivity contribution is 5.64. The molecular weight excluding hydrogens is 355 g/mol. The van der Waals surface area contributed by atoms with Crippen LogP contribution >= 0.6 is 0 Å². The van der Waals surface area contributed by atoms with Gasteiger partial charge in [-0.15, -0.1) is 10.2 Å². The molecule has 28 heavy (non-hydrogen) atoms. The van der Waals surface area contributed by atoms with Crippen molar-refractivity contribution >= 4 is 0 Å². The zero-order valence-electron chi connectivity index (χ0n) is 15.9. The van der Waals surface area contributed by atoms with Crippen LogP contribution < -0.4 is 0 Å². The molecular formula is C22H21FN4O. The van der Waals surface area contributed by atoms with Gasteiger partial charge in [-0.05, 0) is 43.0 Å². The molecule has 2 heterocycles. The molecule has 0 bridgehead atoms. The Hall–Kier alpha value is -3.28. The van der Waals surface area contributed by atoms with Crippen LogP contribution in [-0.2, 0) is 19.9 Å². The van der Waals surface area contributed by atoms with Crippen LogP contribution in [0.3, 0.4) is 0 Å². The average molecular weight is 376 g/mol. The normalized spacial score (nSPS) is 11.1. The Balaban J connectivity index is 1.36. The Kier molecular flexibility index (Phi) is 5.02. The van der Waals surface area contributed by atoms with E-state index in [-0.39, 0.29) is 5.82 Å². The molecule has 0 aliphatic heterocycles. The molecule has 5 nitrogen and oxygen atoms in total. The number of benzene rings is 2. The second-order valence-corrected chi connectivity index (χ2v) is 6.83. The van der Waals surface area contributed by atoms with Gasteiger partial charge in [0.25, 0.3) is 5.89 Å². The van der Waals surface area contributed by atoms with Crippen molar-refractivity contribution in [1.82, 2.24) is 20.0 Å². The monoisotopic (exact) mass is 376 g/mol. The highest BCUT2D eigenvalue weighted by Crippen LogP contribution is 2.23. The minimum absolute atomic E-state index is 0.203. The summed E-state index contributed by atoms with van der Waals surface area (Å²) in [7, 11) is 1.86. The quantitative estimate of drug-likeness (QED) is 0.487. The van der Waals surface area contributed by atoms with Gasteiger partial charge in [-0.3, -0.25) is 4.68 Å². The molecule has 6 heteroatoms. The Labute approximate surface area is 162 Å². The summed E-state index contributed by atoms with van der Waals surface area (Å²) in [5.41, 5.74) is 4.44. The third-order valence-electron chi connectivity index (χ3n) is 4.68. The van der Waals surface area contributed by atoms with Gasteiger partial charge in [-0.2, -0.15) is 5.10 Å². The fraction of sp³-hybridized carbons (Fsp3) is 0.227. The molecule has 0 fully saturated rings. The maximum Gasteiger partial charge on any atom is 0.265 e. The molecule has 0 N–H and O–H groups in total. The van der Waals surface area contributed by atoms with Gasteiger partial charge < -0.3 is 4.42 Å². The summed E-state index contributed by atoms with van der Waals surface area (Å²) in [4.78, 5) is 0. The van der Waals surface area contributed by atoms with Crippen LogP contribution in [0.5, 0.6) is 0 Å². The summed E-state index contributed by atoms with van der Waals surface area (Å²) < 4.78 is 21.4. The van der Waals surface area contributed by atoms with Gasteiger partial charge in [-0.1, -0.05) is 42.5 Å². The van der Waals surface area contributed by atoms with Crippen molar-refractivity contribution in [1.29, 1.82) is 0 Å². The van der Waals surface area contributed by atoms with Crippen LogP contribution in [0.2, 0.25) is 0 Å². The van der Waals surface area contributed by atoms with Crippen molar-refractivity contribution in [2.24, 2.45) is 7.05 Å². The van der Waals surface area contributed by atoms with Crippen molar-refractivity contribution in [2.45, 2.75) is 26.2 Å². The second kappa shape index (κ2) is 7.76. The number of halogens is 1. The lowest BCUT2D eigenvalue weighted by atomic mass is 10.0. The lowest BCUT2D eigenvalue weighted by Gasteiger charge is -2.05. The van der Waals surface area contributed by atoms with E-state index >= 15 is 0 Å². The first-order valence-corrected chi connectivity index (χ1v) is 9.27. The Bertz CT molecular complexity index is 1080. The fourth-order valence-electron chi connectivity index (χ4n) is 3.26. The summed E-state index contributed by atoms with van der Waals surface area (Å²) >= 11 is 0. The number of aryl methyl sites for hydroxylation is 4. The number of rotatable bonds is 6. The SMILES string of the molecule is Cc1cc(-c2nnc(CCCc3ccc(-c4ccccc4F)cc3)o2)n(C)n1. The van der Waals surface area contributed by atoms with E-state index in [2.05, 4.69) is 15.3 Å². The Morgan fingerprint density at radius 2 is 1.79 bits per heavy atom. The van der Waals surface area contributed by atoms with Crippen molar-refractivity contribution in [2.75, 3.05) is 0 Å². The highest BCUT2D eigenvalue weighted by Gasteiger charge is 2.13. The van der Waals surface area contributed by atoms with Crippen LogP contribution in [0.15, 0.2) is 59.0 Å². The molecule has 4 aromatic rings. The smallest absolute Gasteiger partial charge is 0.265 e. The van der Waals surface area contributed by atoms with E-state index in [4.69, 9.17) is 4.42 Å². The molecule has 4 rings (SSSR count). The van der Waals surface area contributed by atoms with Crippen LogP contribution in [-0.4, -0.2) is 20.0 Å². The van der Waals surface area contributed by atoms with E-state index in [0.717, 1.165) is 29.8 Å². The van der Waals surface area contributed by atoms with Crippen molar-refractivity contribution < 1.29 is 8.81 Å². The topological polar surface area (TPSA) is 56.7 Å². The highest BCUT2D eigenvalue weighted by atomic mass is 19.1. The minimum Gasteiger partial charge on any atom is -0.419 e. The molecule has 0 saturated carbocycles. The van der Waals surface area contributed by atoms with Crippen molar-refractivity contribution in [3.63, 3.8) is 0 Å². The number of hydrogen-bond donors (Lipinski definition) is 0. The van der Waals surface area contributed by atoms with Gasteiger partial charge in [0.1, 0.15) is 11.5 Å². The largest absolute Gasteiger partial charge is 0.419 e. The average Bonchev–Trinajstić information content (AvgIpc) is 3.28. The van der Waals surface area contributed by atoms with Gasteiger partial charge >= 0.3 is 0 Å². The van der Waals surface area contributed by atoms with Crippen LogP contribution in [0.4, 0.5) is 4.39 Å². The summed E-state index contributed by atoms with van der Waals surface area (Å²) in [5.74, 6) is 0.912. The first kappa shape index (κ1) is 18.1. The van der Waals surface area contributed by atoms with E-state index in [1.807, 2.05) is 50.4 Å². The lowest BCUT2D eigenvalue weighted by Crippen LogP contribution is -1.93. The first-order valence-electron chi connectivity index (χ1n) is 9.27. The maximum absolute atomic E-state index is 13.9. The molecule has 142 valence electrons. The number of hydrogen-bond acceptors (Lipinski definition) is 4. The second-order valence-electron chi connectivity index (χ2n) is 6.83. The van der Waals surface area contributed by atoms with Crippen LogP contribution in [0.25, 0.3) is 22.7 Å². The number of aromatic nitrogens is 4. The van der Waals surface area contributed by atoms with Gasteiger partial charge in [0.05, 0.1) is 5.69 Å².